The van der Waals surface area contributed by atoms with Gasteiger partial charge in [-0.15, -0.1) is 0 Å². The maximum absolute atomic E-state index is 13.3. The summed E-state index contributed by atoms with van der Waals surface area (Å²) in [6, 6.07) is 14.7. The first-order chi connectivity index (χ1) is 13.8. The van der Waals surface area contributed by atoms with Crippen LogP contribution in [0.25, 0.3) is 16.5 Å². The van der Waals surface area contributed by atoms with Crippen LogP contribution >= 0.6 is 0 Å². The molecule has 148 valence electrons. The van der Waals surface area contributed by atoms with Crippen molar-refractivity contribution in [1.29, 1.82) is 0 Å². The Balaban J connectivity index is 1.90. The van der Waals surface area contributed by atoms with Gasteiger partial charge in [0.2, 0.25) is 0 Å². The topological polar surface area (TPSA) is 82.6 Å². The Hall–Kier alpha value is -3.54. The summed E-state index contributed by atoms with van der Waals surface area (Å²) in [6.07, 6.45) is 1.43. The van der Waals surface area contributed by atoms with Crippen molar-refractivity contribution in [1.82, 2.24) is 9.88 Å². The summed E-state index contributed by atoms with van der Waals surface area (Å²) in [5, 5.41) is 10.9. The summed E-state index contributed by atoms with van der Waals surface area (Å²) in [5.41, 5.74) is 2.28. The van der Waals surface area contributed by atoms with Crippen LogP contribution in [0.15, 0.2) is 54.7 Å². The normalized spacial score (nSPS) is 15.4. The molecule has 6 heteroatoms. The van der Waals surface area contributed by atoms with Gasteiger partial charge in [0.1, 0.15) is 5.75 Å². The summed E-state index contributed by atoms with van der Waals surface area (Å²) < 4.78 is 5.33. The van der Waals surface area contributed by atoms with E-state index in [0.717, 1.165) is 16.5 Å². The van der Waals surface area contributed by atoms with E-state index in [9.17, 15) is 14.7 Å². The number of fused-ring (bicyclic) bond motifs is 3. The van der Waals surface area contributed by atoms with Crippen molar-refractivity contribution in [2.45, 2.75) is 19.3 Å². The van der Waals surface area contributed by atoms with E-state index < -0.39 is 11.4 Å². The van der Waals surface area contributed by atoms with E-state index in [1.807, 2.05) is 38.1 Å². The molecule has 1 aliphatic rings. The van der Waals surface area contributed by atoms with Crippen molar-refractivity contribution in [2.24, 2.45) is 0 Å². The van der Waals surface area contributed by atoms with Crippen LogP contribution in [-0.2, 0) is 10.2 Å². The Morgan fingerprint density at radius 3 is 2.52 bits per heavy atom. The maximum Gasteiger partial charge on any atom is 0.339 e. The standard InChI is InChI=1S/C23H22N2O4/c1-23(2)13-25(21(26)15-9-5-7-11-18(15)29-3)12-16(22(27)28)20-19(23)14-8-4-6-10-17(14)24-20/h4-12,24H,13H2,1-3H3,(H,27,28). The molecule has 29 heavy (non-hydrogen) atoms. The summed E-state index contributed by atoms with van der Waals surface area (Å²) >= 11 is 0. The monoisotopic (exact) mass is 390 g/mol. The third-order valence-electron chi connectivity index (χ3n) is 5.33. The second kappa shape index (κ2) is 6.81. The number of benzene rings is 2. The first-order valence-corrected chi connectivity index (χ1v) is 9.34. The molecule has 0 aliphatic carbocycles. The predicted molar refractivity (Wildman–Crippen MR) is 111 cm³/mol. The number of carboxylic acids is 1. The number of aliphatic carboxylic acids is 1. The molecule has 0 fully saturated rings. The third-order valence-corrected chi connectivity index (χ3v) is 5.33. The Morgan fingerprint density at radius 1 is 1.10 bits per heavy atom. The van der Waals surface area contributed by atoms with Gasteiger partial charge in [-0.25, -0.2) is 4.79 Å². The molecule has 0 atom stereocenters. The van der Waals surface area contributed by atoms with Gasteiger partial charge in [-0.3, -0.25) is 4.79 Å². The van der Waals surface area contributed by atoms with E-state index in [1.165, 1.54) is 18.2 Å². The van der Waals surface area contributed by atoms with E-state index in [2.05, 4.69) is 4.98 Å². The Labute approximate surface area is 168 Å². The molecule has 1 amide bonds. The molecule has 0 saturated carbocycles. The lowest BCUT2D eigenvalue weighted by Gasteiger charge is -2.30. The number of amides is 1. The van der Waals surface area contributed by atoms with Gasteiger partial charge in [0.25, 0.3) is 5.91 Å². The fourth-order valence-corrected chi connectivity index (χ4v) is 4.09. The van der Waals surface area contributed by atoms with E-state index >= 15 is 0 Å². The number of carbonyl (C=O) groups excluding carboxylic acids is 1. The number of H-pyrrole nitrogens is 1. The first-order valence-electron chi connectivity index (χ1n) is 9.34. The van der Waals surface area contributed by atoms with Crippen molar-refractivity contribution in [3.05, 3.63) is 71.6 Å². The number of ether oxygens (including phenoxy) is 1. The number of nitrogens with one attached hydrogen (secondary N) is 1. The highest BCUT2D eigenvalue weighted by Gasteiger charge is 2.37. The number of hydrogen-bond acceptors (Lipinski definition) is 3. The smallest absolute Gasteiger partial charge is 0.339 e. The zero-order valence-electron chi connectivity index (χ0n) is 16.5. The lowest BCUT2D eigenvalue weighted by molar-refractivity contribution is -0.130. The average molecular weight is 390 g/mol. The molecule has 3 aromatic rings. The number of aromatic amines is 1. The molecule has 0 bridgehead atoms. The number of para-hydroxylation sites is 2. The van der Waals surface area contributed by atoms with Gasteiger partial charge in [-0.1, -0.05) is 44.2 Å². The Kier molecular flexibility index (Phi) is 4.42. The molecule has 0 saturated heterocycles. The molecule has 1 aliphatic heterocycles. The highest BCUT2D eigenvalue weighted by Crippen LogP contribution is 2.40. The van der Waals surface area contributed by atoms with E-state index in [1.54, 1.807) is 24.3 Å². The summed E-state index contributed by atoms with van der Waals surface area (Å²) in [4.78, 5) is 30.2. The predicted octanol–water partition coefficient (Wildman–Crippen LogP) is 4.04. The number of nitrogens with zero attached hydrogens (tertiary/aromatic N) is 1. The number of rotatable bonds is 3. The lowest BCUT2D eigenvalue weighted by Crippen LogP contribution is -2.37. The highest BCUT2D eigenvalue weighted by molar-refractivity contribution is 6.17. The SMILES string of the molecule is COc1ccccc1C(=O)N1C=C(C(=O)O)c2[nH]c3ccccc3c2C(C)(C)C1. The second-order valence-corrected chi connectivity index (χ2v) is 7.79. The quantitative estimate of drug-likeness (QED) is 0.707. The number of methoxy groups -OCH3 is 1. The van der Waals surface area contributed by atoms with Crippen LogP contribution in [0.3, 0.4) is 0 Å². The number of hydrogen-bond donors (Lipinski definition) is 2. The van der Waals surface area contributed by atoms with Crippen molar-refractivity contribution in [3.63, 3.8) is 0 Å². The molecular formula is C23H22N2O4. The summed E-state index contributed by atoms with van der Waals surface area (Å²) in [7, 11) is 1.51. The van der Waals surface area contributed by atoms with Gasteiger partial charge >= 0.3 is 5.97 Å². The lowest BCUT2D eigenvalue weighted by atomic mass is 9.81. The van der Waals surface area contributed by atoms with E-state index in [0.29, 0.717) is 23.6 Å². The molecule has 6 nitrogen and oxygen atoms in total. The zero-order valence-corrected chi connectivity index (χ0v) is 16.5. The minimum Gasteiger partial charge on any atom is -0.496 e. The molecule has 0 unspecified atom stereocenters. The van der Waals surface area contributed by atoms with Gasteiger partial charge in [0.05, 0.1) is 23.9 Å². The van der Waals surface area contributed by atoms with Crippen molar-refractivity contribution in [2.75, 3.05) is 13.7 Å². The molecule has 4 rings (SSSR count). The van der Waals surface area contributed by atoms with Gasteiger partial charge < -0.3 is 19.7 Å². The zero-order chi connectivity index (χ0) is 20.8. The Bertz CT molecular complexity index is 1160. The minimum absolute atomic E-state index is 0.0602. The highest BCUT2D eigenvalue weighted by atomic mass is 16.5. The van der Waals surface area contributed by atoms with Crippen molar-refractivity contribution < 1.29 is 19.4 Å². The molecule has 2 heterocycles. The van der Waals surface area contributed by atoms with Crippen LogP contribution in [0.5, 0.6) is 5.75 Å². The molecule has 1 aromatic heterocycles. The second-order valence-electron chi connectivity index (χ2n) is 7.79. The first kappa shape index (κ1) is 18.8. The fourth-order valence-electron chi connectivity index (χ4n) is 4.09. The summed E-state index contributed by atoms with van der Waals surface area (Å²) in [5.74, 6) is -0.939. The van der Waals surface area contributed by atoms with Crippen LogP contribution in [0, 0.1) is 0 Å². The molecule has 2 aromatic carbocycles. The van der Waals surface area contributed by atoms with Crippen molar-refractivity contribution >= 4 is 28.4 Å². The van der Waals surface area contributed by atoms with E-state index in [4.69, 9.17) is 4.74 Å². The molecule has 0 radical (unpaired) electrons. The van der Waals surface area contributed by atoms with Crippen LogP contribution in [0.2, 0.25) is 0 Å². The number of aromatic nitrogens is 1. The van der Waals surface area contributed by atoms with Crippen LogP contribution in [-0.4, -0.2) is 40.5 Å². The largest absolute Gasteiger partial charge is 0.496 e. The van der Waals surface area contributed by atoms with E-state index in [-0.39, 0.29) is 11.5 Å². The third kappa shape index (κ3) is 3.06. The van der Waals surface area contributed by atoms with Crippen LogP contribution in [0.4, 0.5) is 0 Å². The fraction of sp³-hybridized carbons (Fsp3) is 0.217. The van der Waals surface area contributed by atoms with Gasteiger partial charge in [0, 0.05) is 29.1 Å². The average Bonchev–Trinajstić information content (AvgIpc) is 3.04. The van der Waals surface area contributed by atoms with Gasteiger partial charge in [-0.05, 0) is 23.8 Å². The van der Waals surface area contributed by atoms with Gasteiger partial charge in [-0.2, -0.15) is 0 Å². The molecular weight excluding hydrogens is 368 g/mol. The molecule has 2 N–H and O–H groups in total. The number of carboxylic acid groups (broad SMARTS) is 1. The van der Waals surface area contributed by atoms with Crippen LogP contribution < -0.4 is 4.74 Å². The number of carbonyl (C=O) groups is 2. The Morgan fingerprint density at radius 2 is 1.79 bits per heavy atom. The van der Waals surface area contributed by atoms with Gasteiger partial charge in [0.15, 0.2) is 0 Å². The van der Waals surface area contributed by atoms with Crippen LogP contribution in [0.1, 0.15) is 35.5 Å². The van der Waals surface area contributed by atoms with Crippen molar-refractivity contribution in [3.8, 4) is 5.75 Å². The maximum atomic E-state index is 13.3. The minimum atomic E-state index is -1.09. The summed E-state index contributed by atoms with van der Waals surface area (Å²) in [6.45, 7) is 4.37. The molecule has 0 spiro atoms.